The van der Waals surface area contributed by atoms with Gasteiger partial charge < -0.3 is 5.32 Å². The molecular weight excluding hydrogens is 320 g/mol. The molecular formula is C19H18N2O2S. The molecule has 122 valence electrons. The van der Waals surface area contributed by atoms with Gasteiger partial charge in [0.2, 0.25) is 0 Å². The van der Waals surface area contributed by atoms with Crippen molar-refractivity contribution < 1.29 is 9.59 Å². The third-order valence-corrected chi connectivity index (χ3v) is 4.77. The number of hydrogen-bond donors (Lipinski definition) is 1. The maximum absolute atomic E-state index is 12.1. The van der Waals surface area contributed by atoms with Gasteiger partial charge in [0.1, 0.15) is 5.01 Å². The van der Waals surface area contributed by atoms with Crippen LogP contribution in [-0.2, 0) is 0 Å². The SMILES string of the molecule is CCCNC(=O)c1ccc2nc(-c3cccc(C(C)=O)c3)sc2c1. The van der Waals surface area contributed by atoms with Crippen molar-refractivity contribution >= 4 is 33.2 Å². The van der Waals surface area contributed by atoms with Crippen molar-refractivity contribution in [3.63, 3.8) is 0 Å². The van der Waals surface area contributed by atoms with Crippen molar-refractivity contribution in [2.45, 2.75) is 20.3 Å². The maximum atomic E-state index is 12.1. The Kier molecular flexibility index (Phi) is 4.71. The van der Waals surface area contributed by atoms with Gasteiger partial charge >= 0.3 is 0 Å². The second-order valence-electron chi connectivity index (χ2n) is 5.59. The molecule has 0 radical (unpaired) electrons. The first-order chi connectivity index (χ1) is 11.6. The van der Waals surface area contributed by atoms with Gasteiger partial charge in [-0.05, 0) is 37.6 Å². The van der Waals surface area contributed by atoms with Crippen LogP contribution in [-0.4, -0.2) is 23.2 Å². The van der Waals surface area contributed by atoms with Gasteiger partial charge in [-0.3, -0.25) is 9.59 Å². The van der Waals surface area contributed by atoms with Crippen LogP contribution >= 0.6 is 11.3 Å². The molecule has 0 unspecified atom stereocenters. The van der Waals surface area contributed by atoms with E-state index in [1.54, 1.807) is 19.1 Å². The molecule has 0 atom stereocenters. The summed E-state index contributed by atoms with van der Waals surface area (Å²) in [5.74, 6) is -0.0277. The van der Waals surface area contributed by atoms with E-state index in [4.69, 9.17) is 0 Å². The number of carbonyl (C=O) groups excluding carboxylic acids is 2. The number of carbonyl (C=O) groups is 2. The van der Waals surface area contributed by atoms with E-state index in [2.05, 4.69) is 10.3 Å². The monoisotopic (exact) mass is 338 g/mol. The highest BCUT2D eigenvalue weighted by Gasteiger charge is 2.11. The summed E-state index contributed by atoms with van der Waals surface area (Å²) in [6.45, 7) is 4.25. The highest BCUT2D eigenvalue weighted by atomic mass is 32.1. The molecule has 1 N–H and O–H groups in total. The van der Waals surface area contributed by atoms with Gasteiger partial charge in [0.15, 0.2) is 5.78 Å². The Morgan fingerprint density at radius 3 is 2.71 bits per heavy atom. The van der Waals surface area contributed by atoms with Crippen molar-refractivity contribution in [3.8, 4) is 10.6 Å². The molecule has 1 amide bonds. The van der Waals surface area contributed by atoms with Crippen LogP contribution in [0.2, 0.25) is 0 Å². The zero-order chi connectivity index (χ0) is 17.1. The summed E-state index contributed by atoms with van der Waals surface area (Å²) in [5, 5.41) is 3.73. The average molecular weight is 338 g/mol. The van der Waals surface area contributed by atoms with Gasteiger partial charge in [0.25, 0.3) is 5.91 Å². The van der Waals surface area contributed by atoms with Crippen LogP contribution in [0.3, 0.4) is 0 Å². The second-order valence-corrected chi connectivity index (χ2v) is 6.63. The lowest BCUT2D eigenvalue weighted by atomic mass is 10.1. The standard InChI is InChI=1S/C19H18N2O2S/c1-3-9-20-18(23)14-7-8-16-17(11-14)24-19(21-16)15-6-4-5-13(10-15)12(2)22/h4-8,10-11H,3,9H2,1-2H3,(H,20,23). The van der Waals surface area contributed by atoms with Crippen LogP contribution in [0.4, 0.5) is 0 Å². The highest BCUT2D eigenvalue weighted by Crippen LogP contribution is 2.31. The van der Waals surface area contributed by atoms with Crippen molar-refractivity contribution in [3.05, 3.63) is 53.6 Å². The number of fused-ring (bicyclic) bond motifs is 1. The zero-order valence-electron chi connectivity index (χ0n) is 13.6. The van der Waals surface area contributed by atoms with Gasteiger partial charge in [-0.2, -0.15) is 0 Å². The molecule has 3 aromatic rings. The summed E-state index contributed by atoms with van der Waals surface area (Å²) in [7, 11) is 0. The van der Waals surface area contributed by atoms with E-state index in [9.17, 15) is 9.59 Å². The summed E-state index contributed by atoms with van der Waals surface area (Å²) >= 11 is 1.52. The molecule has 0 bridgehead atoms. The number of hydrogen-bond acceptors (Lipinski definition) is 4. The third kappa shape index (κ3) is 3.36. The quantitative estimate of drug-likeness (QED) is 0.705. The Balaban J connectivity index is 1.95. The van der Waals surface area contributed by atoms with E-state index in [0.29, 0.717) is 17.7 Å². The number of aromatic nitrogens is 1. The maximum Gasteiger partial charge on any atom is 0.251 e. The molecule has 1 heterocycles. The molecule has 0 aliphatic rings. The van der Waals surface area contributed by atoms with E-state index in [0.717, 1.165) is 27.2 Å². The summed E-state index contributed by atoms with van der Waals surface area (Å²) in [5.41, 5.74) is 3.09. The molecule has 0 aliphatic heterocycles. The number of amides is 1. The summed E-state index contributed by atoms with van der Waals surface area (Å²) < 4.78 is 0.961. The van der Waals surface area contributed by atoms with E-state index in [-0.39, 0.29) is 11.7 Å². The van der Waals surface area contributed by atoms with Crippen molar-refractivity contribution in [1.82, 2.24) is 10.3 Å². The van der Waals surface area contributed by atoms with Crippen molar-refractivity contribution in [2.75, 3.05) is 6.54 Å². The van der Waals surface area contributed by atoms with Crippen LogP contribution < -0.4 is 5.32 Å². The number of ketones is 1. The van der Waals surface area contributed by atoms with Crippen LogP contribution in [0, 0.1) is 0 Å². The van der Waals surface area contributed by atoms with Gasteiger partial charge in [-0.1, -0.05) is 25.1 Å². The summed E-state index contributed by atoms with van der Waals surface area (Å²) in [4.78, 5) is 28.2. The lowest BCUT2D eigenvalue weighted by Gasteiger charge is -2.02. The second kappa shape index (κ2) is 6.93. The first-order valence-corrected chi connectivity index (χ1v) is 8.70. The molecule has 0 saturated carbocycles. The molecule has 0 spiro atoms. The van der Waals surface area contributed by atoms with E-state index < -0.39 is 0 Å². The molecule has 4 nitrogen and oxygen atoms in total. The summed E-state index contributed by atoms with van der Waals surface area (Å²) in [6, 6.07) is 13.0. The van der Waals surface area contributed by atoms with Crippen molar-refractivity contribution in [2.24, 2.45) is 0 Å². The predicted octanol–water partition coefficient (Wildman–Crippen LogP) is 4.31. The molecule has 24 heavy (non-hydrogen) atoms. The lowest BCUT2D eigenvalue weighted by molar-refractivity contribution is 0.0952. The highest BCUT2D eigenvalue weighted by molar-refractivity contribution is 7.21. The Hall–Kier alpha value is -2.53. The minimum absolute atomic E-state index is 0.0350. The van der Waals surface area contributed by atoms with Gasteiger partial charge in [-0.15, -0.1) is 11.3 Å². The lowest BCUT2D eigenvalue weighted by Crippen LogP contribution is -2.23. The van der Waals surface area contributed by atoms with E-state index in [1.165, 1.54) is 11.3 Å². The molecule has 0 fully saturated rings. The molecule has 2 aromatic carbocycles. The third-order valence-electron chi connectivity index (χ3n) is 3.70. The molecule has 1 aromatic heterocycles. The number of thiazole rings is 1. The minimum atomic E-state index is -0.0627. The van der Waals surface area contributed by atoms with E-state index in [1.807, 2.05) is 37.3 Å². The van der Waals surface area contributed by atoms with Gasteiger partial charge in [0, 0.05) is 23.2 Å². The Morgan fingerprint density at radius 2 is 1.96 bits per heavy atom. The number of benzene rings is 2. The smallest absolute Gasteiger partial charge is 0.251 e. The fourth-order valence-electron chi connectivity index (χ4n) is 2.40. The van der Waals surface area contributed by atoms with Gasteiger partial charge in [0.05, 0.1) is 10.2 Å². The molecule has 0 aliphatic carbocycles. The fourth-order valence-corrected chi connectivity index (χ4v) is 3.40. The number of nitrogens with one attached hydrogen (secondary N) is 1. The summed E-state index contributed by atoms with van der Waals surface area (Å²) in [6.07, 6.45) is 0.908. The largest absolute Gasteiger partial charge is 0.352 e. The van der Waals surface area contributed by atoms with Crippen LogP contribution in [0.15, 0.2) is 42.5 Å². The average Bonchev–Trinajstić information content (AvgIpc) is 3.03. The molecule has 0 saturated heterocycles. The fraction of sp³-hybridized carbons (Fsp3) is 0.211. The first-order valence-electron chi connectivity index (χ1n) is 7.88. The molecule has 5 heteroatoms. The van der Waals surface area contributed by atoms with Gasteiger partial charge in [-0.25, -0.2) is 4.98 Å². The zero-order valence-corrected chi connectivity index (χ0v) is 14.4. The number of rotatable bonds is 5. The first kappa shape index (κ1) is 16.3. The topological polar surface area (TPSA) is 59.1 Å². The Labute approximate surface area is 144 Å². The Bertz CT molecular complexity index is 915. The number of nitrogens with zero attached hydrogens (tertiary/aromatic N) is 1. The molecule has 3 rings (SSSR count). The van der Waals surface area contributed by atoms with Crippen molar-refractivity contribution in [1.29, 1.82) is 0 Å². The predicted molar refractivity (Wildman–Crippen MR) is 97.7 cm³/mol. The van der Waals surface area contributed by atoms with Crippen LogP contribution in [0.1, 0.15) is 41.0 Å². The normalized spacial score (nSPS) is 10.8. The minimum Gasteiger partial charge on any atom is -0.352 e. The van der Waals surface area contributed by atoms with Crippen LogP contribution in [0.5, 0.6) is 0 Å². The van der Waals surface area contributed by atoms with E-state index >= 15 is 0 Å². The number of Topliss-reactive ketones (excluding diaryl/α,β-unsaturated/α-hetero) is 1. The Morgan fingerprint density at radius 1 is 1.12 bits per heavy atom. The van der Waals surface area contributed by atoms with Crippen LogP contribution in [0.25, 0.3) is 20.8 Å².